The molecule has 0 bridgehead atoms. The van der Waals surface area contributed by atoms with E-state index in [9.17, 15) is 5.11 Å². The van der Waals surface area contributed by atoms with Gasteiger partial charge in [-0.3, -0.25) is 4.90 Å². The Morgan fingerprint density at radius 2 is 2.05 bits per heavy atom. The van der Waals surface area contributed by atoms with Crippen molar-refractivity contribution in [2.75, 3.05) is 26.2 Å². The van der Waals surface area contributed by atoms with Gasteiger partial charge >= 0.3 is 0 Å². The second kappa shape index (κ2) is 6.04. The lowest BCUT2D eigenvalue weighted by molar-refractivity contribution is 0.0212. The van der Waals surface area contributed by atoms with Crippen LogP contribution in [0, 0.1) is 5.92 Å². The molecule has 0 saturated carbocycles. The molecule has 106 valence electrons. The van der Waals surface area contributed by atoms with Crippen molar-refractivity contribution in [3.05, 3.63) is 35.9 Å². The van der Waals surface area contributed by atoms with Crippen LogP contribution in [0.4, 0.5) is 0 Å². The average molecular weight is 262 g/mol. The molecule has 0 aromatic heterocycles. The molecule has 19 heavy (non-hydrogen) atoms. The summed E-state index contributed by atoms with van der Waals surface area (Å²) in [6.45, 7) is 7.70. The van der Waals surface area contributed by atoms with Crippen molar-refractivity contribution in [1.29, 1.82) is 0 Å². The third kappa shape index (κ3) is 3.35. The number of piperidine rings is 1. The molecule has 1 aromatic carbocycles. The van der Waals surface area contributed by atoms with Gasteiger partial charge in [-0.05, 0) is 24.4 Å². The van der Waals surface area contributed by atoms with Gasteiger partial charge < -0.3 is 10.8 Å². The van der Waals surface area contributed by atoms with Crippen LogP contribution in [-0.2, 0) is 5.41 Å². The summed E-state index contributed by atoms with van der Waals surface area (Å²) in [5.41, 5.74) is 7.27. The highest BCUT2D eigenvalue weighted by molar-refractivity contribution is 5.25. The fourth-order valence-corrected chi connectivity index (χ4v) is 2.87. The standard InChI is InChI=1S/C16H26N2O/c1-13-8-9-18(10-15(13)19)12-16(2,11-17)14-6-4-3-5-7-14/h3-7,13,15,19H,8-12,17H2,1-2H3. The van der Waals surface area contributed by atoms with Crippen molar-refractivity contribution in [2.45, 2.75) is 31.8 Å². The molecule has 1 aromatic rings. The van der Waals surface area contributed by atoms with E-state index in [4.69, 9.17) is 5.73 Å². The molecule has 2 rings (SSSR count). The quantitative estimate of drug-likeness (QED) is 0.866. The van der Waals surface area contributed by atoms with Gasteiger partial charge in [-0.15, -0.1) is 0 Å². The van der Waals surface area contributed by atoms with Crippen LogP contribution in [0.25, 0.3) is 0 Å². The summed E-state index contributed by atoms with van der Waals surface area (Å²) in [7, 11) is 0. The fourth-order valence-electron chi connectivity index (χ4n) is 2.87. The molecule has 1 aliphatic rings. The fraction of sp³-hybridized carbons (Fsp3) is 0.625. The Kier molecular flexibility index (Phi) is 4.61. The normalized spacial score (nSPS) is 28.0. The summed E-state index contributed by atoms with van der Waals surface area (Å²) in [4.78, 5) is 2.35. The monoisotopic (exact) mass is 262 g/mol. The van der Waals surface area contributed by atoms with Gasteiger partial charge in [0.1, 0.15) is 0 Å². The molecule has 3 unspecified atom stereocenters. The van der Waals surface area contributed by atoms with Gasteiger partial charge in [0, 0.05) is 25.0 Å². The maximum Gasteiger partial charge on any atom is 0.0693 e. The second-order valence-corrected chi connectivity index (χ2v) is 6.20. The van der Waals surface area contributed by atoms with E-state index in [-0.39, 0.29) is 11.5 Å². The lowest BCUT2D eigenvalue weighted by Gasteiger charge is -2.40. The first-order valence-corrected chi connectivity index (χ1v) is 7.21. The van der Waals surface area contributed by atoms with Gasteiger partial charge in [0.2, 0.25) is 0 Å². The number of nitrogens with zero attached hydrogens (tertiary/aromatic N) is 1. The minimum atomic E-state index is -0.202. The van der Waals surface area contributed by atoms with Crippen LogP contribution < -0.4 is 5.73 Å². The third-order valence-corrected chi connectivity index (χ3v) is 4.50. The van der Waals surface area contributed by atoms with E-state index in [2.05, 4.69) is 43.0 Å². The minimum Gasteiger partial charge on any atom is -0.392 e. The number of β-amino-alcohol motifs (C(OH)–C–C–N with tert-alkyl or cyclic N) is 1. The van der Waals surface area contributed by atoms with E-state index in [1.165, 1.54) is 5.56 Å². The second-order valence-electron chi connectivity index (χ2n) is 6.20. The van der Waals surface area contributed by atoms with Crippen LogP contribution in [0.15, 0.2) is 30.3 Å². The van der Waals surface area contributed by atoms with Gasteiger partial charge in [-0.1, -0.05) is 44.2 Å². The van der Waals surface area contributed by atoms with Crippen LogP contribution in [0.5, 0.6) is 0 Å². The van der Waals surface area contributed by atoms with Gasteiger partial charge in [0.25, 0.3) is 0 Å². The molecule has 1 fully saturated rings. The first-order valence-electron chi connectivity index (χ1n) is 7.21. The predicted molar refractivity (Wildman–Crippen MR) is 79.1 cm³/mol. The van der Waals surface area contributed by atoms with Crippen LogP contribution in [0.1, 0.15) is 25.8 Å². The number of aliphatic hydroxyl groups excluding tert-OH is 1. The van der Waals surface area contributed by atoms with Crippen LogP contribution >= 0.6 is 0 Å². The zero-order chi connectivity index (χ0) is 13.9. The lowest BCUT2D eigenvalue weighted by Crippen LogP contribution is -2.50. The summed E-state index contributed by atoms with van der Waals surface area (Å²) in [5.74, 6) is 0.414. The van der Waals surface area contributed by atoms with Crippen LogP contribution in [0.2, 0.25) is 0 Å². The number of likely N-dealkylation sites (tertiary alicyclic amines) is 1. The molecule has 0 amide bonds. The molecule has 0 aliphatic carbocycles. The van der Waals surface area contributed by atoms with E-state index in [1.807, 2.05) is 6.07 Å². The van der Waals surface area contributed by atoms with Gasteiger partial charge in [0.05, 0.1) is 6.10 Å². The molecule has 1 heterocycles. The van der Waals surface area contributed by atoms with Gasteiger partial charge in [-0.25, -0.2) is 0 Å². The molecule has 0 radical (unpaired) electrons. The third-order valence-electron chi connectivity index (χ3n) is 4.50. The largest absolute Gasteiger partial charge is 0.392 e. The van der Waals surface area contributed by atoms with Crippen molar-refractivity contribution in [3.63, 3.8) is 0 Å². The Labute approximate surface area is 116 Å². The number of aliphatic hydroxyl groups is 1. The molecule has 1 aliphatic heterocycles. The zero-order valence-corrected chi connectivity index (χ0v) is 12.0. The van der Waals surface area contributed by atoms with E-state index in [0.717, 1.165) is 26.1 Å². The summed E-state index contributed by atoms with van der Waals surface area (Å²) in [5, 5.41) is 10.0. The van der Waals surface area contributed by atoms with Crippen molar-refractivity contribution < 1.29 is 5.11 Å². The Hall–Kier alpha value is -0.900. The average Bonchev–Trinajstić information content (AvgIpc) is 2.44. The minimum absolute atomic E-state index is 0.0401. The van der Waals surface area contributed by atoms with Crippen LogP contribution in [-0.4, -0.2) is 42.3 Å². The first kappa shape index (κ1) is 14.5. The summed E-state index contributed by atoms with van der Waals surface area (Å²) in [6, 6.07) is 10.5. The number of nitrogens with two attached hydrogens (primary N) is 1. The lowest BCUT2D eigenvalue weighted by atomic mass is 9.81. The van der Waals surface area contributed by atoms with E-state index in [0.29, 0.717) is 12.5 Å². The maximum absolute atomic E-state index is 10.0. The summed E-state index contributed by atoms with van der Waals surface area (Å²) < 4.78 is 0. The van der Waals surface area contributed by atoms with E-state index in [1.54, 1.807) is 0 Å². The Morgan fingerprint density at radius 3 is 2.63 bits per heavy atom. The van der Waals surface area contributed by atoms with Crippen LogP contribution in [0.3, 0.4) is 0 Å². The topological polar surface area (TPSA) is 49.5 Å². The molecular weight excluding hydrogens is 236 g/mol. The first-order chi connectivity index (χ1) is 9.05. The highest BCUT2D eigenvalue weighted by Gasteiger charge is 2.31. The molecule has 3 atom stereocenters. The number of benzene rings is 1. The zero-order valence-electron chi connectivity index (χ0n) is 12.0. The summed E-state index contributed by atoms with van der Waals surface area (Å²) >= 11 is 0. The number of rotatable bonds is 4. The molecule has 1 saturated heterocycles. The molecular formula is C16H26N2O. The van der Waals surface area contributed by atoms with Crippen molar-refractivity contribution >= 4 is 0 Å². The smallest absolute Gasteiger partial charge is 0.0693 e. The SMILES string of the molecule is CC1CCN(CC(C)(CN)c2ccccc2)CC1O. The Balaban J connectivity index is 2.07. The molecule has 3 nitrogen and oxygen atoms in total. The predicted octanol–water partition coefficient (Wildman–Crippen LogP) is 1.61. The van der Waals surface area contributed by atoms with Gasteiger partial charge in [-0.2, -0.15) is 0 Å². The summed E-state index contributed by atoms with van der Waals surface area (Å²) in [6.07, 6.45) is 0.864. The van der Waals surface area contributed by atoms with Gasteiger partial charge in [0.15, 0.2) is 0 Å². The van der Waals surface area contributed by atoms with E-state index < -0.39 is 0 Å². The molecule has 3 heteroatoms. The highest BCUT2D eigenvalue weighted by atomic mass is 16.3. The highest BCUT2D eigenvalue weighted by Crippen LogP contribution is 2.26. The molecule has 0 spiro atoms. The van der Waals surface area contributed by atoms with E-state index >= 15 is 0 Å². The Morgan fingerprint density at radius 1 is 1.37 bits per heavy atom. The van der Waals surface area contributed by atoms with Crippen molar-refractivity contribution in [3.8, 4) is 0 Å². The van der Waals surface area contributed by atoms with Crippen molar-refractivity contribution in [2.24, 2.45) is 11.7 Å². The Bertz CT molecular complexity index is 395. The maximum atomic E-state index is 10.0. The molecule has 3 N–H and O–H groups in total. The number of hydrogen-bond donors (Lipinski definition) is 2. The number of hydrogen-bond acceptors (Lipinski definition) is 3. The van der Waals surface area contributed by atoms with Crippen molar-refractivity contribution in [1.82, 2.24) is 4.90 Å².